The number of imidazole rings is 1. The Balaban J connectivity index is 1.45. The average molecular weight is 453 g/mol. The van der Waals surface area contributed by atoms with Crippen molar-refractivity contribution in [2.75, 3.05) is 13.1 Å². The van der Waals surface area contributed by atoms with Crippen LogP contribution in [0.2, 0.25) is 0 Å². The molecule has 168 valence electrons. The van der Waals surface area contributed by atoms with Crippen LogP contribution in [0.4, 0.5) is 0 Å². The van der Waals surface area contributed by atoms with Gasteiger partial charge in [0, 0.05) is 43.3 Å². The molecule has 7 nitrogen and oxygen atoms in total. The lowest BCUT2D eigenvalue weighted by Gasteiger charge is -2.29. The molecule has 4 rings (SSSR count). The number of sulfonamides is 1. The lowest BCUT2D eigenvalue weighted by Crippen LogP contribution is -2.38. The molecule has 1 aromatic heterocycles. The minimum Gasteiger partial charge on any atom is -0.348 e. The molecule has 8 heteroatoms. The Kier molecular flexibility index (Phi) is 6.43. The number of nitrogens with zero attached hydrogens (tertiary/aromatic N) is 3. The van der Waals surface area contributed by atoms with Crippen molar-refractivity contribution < 1.29 is 13.2 Å². The smallest absolute Gasteiger partial charge is 0.251 e. The molecule has 1 amide bonds. The summed E-state index contributed by atoms with van der Waals surface area (Å²) in [5, 5.41) is 2.91. The van der Waals surface area contributed by atoms with Gasteiger partial charge in [-0.2, -0.15) is 4.31 Å². The Bertz CT molecular complexity index is 1180. The molecule has 0 spiro atoms. The Labute approximate surface area is 189 Å². The molecule has 0 unspecified atom stereocenters. The third kappa shape index (κ3) is 4.76. The number of carbonyl (C=O) groups excluding carboxylic acids is 1. The minimum atomic E-state index is -3.61. The Morgan fingerprint density at radius 1 is 1.12 bits per heavy atom. The van der Waals surface area contributed by atoms with E-state index >= 15 is 0 Å². The van der Waals surface area contributed by atoms with Crippen LogP contribution in [0.1, 0.15) is 41.3 Å². The number of aryl methyl sites for hydroxylation is 1. The molecule has 3 aromatic rings. The lowest BCUT2D eigenvalue weighted by molar-refractivity contribution is 0.0950. The van der Waals surface area contributed by atoms with Gasteiger partial charge in [-0.3, -0.25) is 4.79 Å². The zero-order valence-corrected chi connectivity index (χ0v) is 19.2. The van der Waals surface area contributed by atoms with Crippen LogP contribution >= 0.6 is 0 Å². The monoisotopic (exact) mass is 452 g/mol. The molecule has 0 saturated carbocycles. The van der Waals surface area contributed by atoms with Gasteiger partial charge in [0.2, 0.25) is 10.0 Å². The van der Waals surface area contributed by atoms with Crippen molar-refractivity contribution in [2.24, 2.45) is 5.92 Å². The molecule has 0 atom stereocenters. The second kappa shape index (κ2) is 9.26. The van der Waals surface area contributed by atoms with Crippen LogP contribution in [0.5, 0.6) is 0 Å². The normalized spacial score (nSPS) is 15.6. The van der Waals surface area contributed by atoms with Gasteiger partial charge in [0.1, 0.15) is 0 Å². The first-order chi connectivity index (χ1) is 15.3. The van der Waals surface area contributed by atoms with E-state index in [1.807, 2.05) is 42.0 Å². The molecule has 0 bridgehead atoms. The molecule has 0 aliphatic carbocycles. The summed E-state index contributed by atoms with van der Waals surface area (Å²) in [4.78, 5) is 17.1. The summed E-state index contributed by atoms with van der Waals surface area (Å²) >= 11 is 0. The van der Waals surface area contributed by atoms with Crippen molar-refractivity contribution in [2.45, 2.75) is 38.1 Å². The van der Waals surface area contributed by atoms with Crippen LogP contribution in [0.15, 0.2) is 66.1 Å². The van der Waals surface area contributed by atoms with E-state index in [1.54, 1.807) is 24.7 Å². The van der Waals surface area contributed by atoms with E-state index in [1.165, 1.54) is 10.4 Å². The molecule has 1 saturated heterocycles. The first-order valence-electron chi connectivity index (χ1n) is 10.8. The highest BCUT2D eigenvalue weighted by Gasteiger charge is 2.28. The Morgan fingerprint density at radius 3 is 2.50 bits per heavy atom. The molecular formula is C24H28N4O3S. The van der Waals surface area contributed by atoms with Gasteiger partial charge < -0.3 is 9.88 Å². The fraction of sp³-hybridized carbons (Fsp3) is 0.333. The second-order valence-electron chi connectivity index (χ2n) is 8.38. The van der Waals surface area contributed by atoms with E-state index in [0.29, 0.717) is 31.1 Å². The number of nitrogens with one attached hydrogen (secondary N) is 1. The van der Waals surface area contributed by atoms with Crippen molar-refractivity contribution in [3.8, 4) is 5.69 Å². The maximum Gasteiger partial charge on any atom is 0.251 e. The van der Waals surface area contributed by atoms with Crippen LogP contribution in [0.3, 0.4) is 0 Å². The molecular weight excluding hydrogens is 424 g/mol. The SMILES string of the molecule is Cc1ccc(S(=O)(=O)N2CCC(C)CC2)cc1C(=O)NCc1ccc(-n2ccnc2)cc1. The number of rotatable bonds is 6. The number of benzene rings is 2. The zero-order chi connectivity index (χ0) is 22.7. The number of aromatic nitrogens is 2. The van der Waals surface area contributed by atoms with Gasteiger partial charge >= 0.3 is 0 Å². The van der Waals surface area contributed by atoms with Gasteiger partial charge in [-0.15, -0.1) is 0 Å². The molecule has 1 N–H and O–H groups in total. The standard InChI is InChI=1S/C24H28N4O3S/c1-18-9-12-28(13-10-18)32(30,31)22-8-3-19(2)23(15-22)24(29)26-16-20-4-6-21(7-5-20)27-14-11-25-17-27/h3-8,11,14-15,17-18H,9-10,12-13,16H2,1-2H3,(H,26,29). The predicted molar refractivity (Wildman–Crippen MR) is 123 cm³/mol. The molecule has 0 radical (unpaired) electrons. The van der Waals surface area contributed by atoms with E-state index in [9.17, 15) is 13.2 Å². The van der Waals surface area contributed by atoms with Gasteiger partial charge in [0.05, 0.1) is 11.2 Å². The van der Waals surface area contributed by atoms with E-state index in [-0.39, 0.29) is 10.8 Å². The molecule has 2 aromatic carbocycles. The van der Waals surface area contributed by atoms with Crippen LogP contribution in [-0.2, 0) is 16.6 Å². The lowest BCUT2D eigenvalue weighted by atomic mass is 10.0. The van der Waals surface area contributed by atoms with Gasteiger partial charge in [-0.1, -0.05) is 25.1 Å². The molecule has 2 heterocycles. The van der Waals surface area contributed by atoms with Crippen LogP contribution in [0.25, 0.3) is 5.69 Å². The quantitative estimate of drug-likeness (QED) is 0.620. The molecule has 1 fully saturated rings. The molecule has 32 heavy (non-hydrogen) atoms. The van der Waals surface area contributed by atoms with E-state index in [2.05, 4.69) is 17.2 Å². The number of amides is 1. The van der Waals surface area contributed by atoms with Crippen molar-refractivity contribution >= 4 is 15.9 Å². The van der Waals surface area contributed by atoms with Crippen molar-refractivity contribution in [3.63, 3.8) is 0 Å². The summed E-state index contributed by atoms with van der Waals surface area (Å²) in [6.07, 6.45) is 7.03. The van der Waals surface area contributed by atoms with E-state index < -0.39 is 10.0 Å². The second-order valence-corrected chi connectivity index (χ2v) is 10.3. The van der Waals surface area contributed by atoms with Gasteiger partial charge in [0.15, 0.2) is 0 Å². The first kappa shape index (κ1) is 22.2. The maximum absolute atomic E-state index is 13.1. The summed E-state index contributed by atoms with van der Waals surface area (Å²) in [5.41, 5.74) is 3.06. The fourth-order valence-electron chi connectivity index (χ4n) is 3.86. The van der Waals surface area contributed by atoms with Gasteiger partial charge in [0.25, 0.3) is 5.91 Å². The van der Waals surface area contributed by atoms with E-state index in [4.69, 9.17) is 0 Å². The van der Waals surface area contributed by atoms with E-state index in [0.717, 1.165) is 29.7 Å². The van der Waals surface area contributed by atoms with Crippen LogP contribution in [0, 0.1) is 12.8 Å². The predicted octanol–water partition coefficient (Wildman–Crippen LogP) is 3.53. The molecule has 1 aliphatic rings. The summed E-state index contributed by atoms with van der Waals surface area (Å²) in [6, 6.07) is 12.6. The Hall–Kier alpha value is -2.97. The van der Waals surface area contributed by atoms with Crippen molar-refractivity contribution in [1.82, 2.24) is 19.2 Å². The van der Waals surface area contributed by atoms with Crippen LogP contribution < -0.4 is 5.32 Å². The fourth-order valence-corrected chi connectivity index (χ4v) is 5.35. The highest BCUT2D eigenvalue weighted by atomic mass is 32.2. The van der Waals surface area contributed by atoms with Crippen molar-refractivity contribution in [1.29, 1.82) is 0 Å². The Morgan fingerprint density at radius 2 is 1.84 bits per heavy atom. The number of piperidine rings is 1. The highest BCUT2D eigenvalue weighted by molar-refractivity contribution is 7.89. The number of hydrogen-bond donors (Lipinski definition) is 1. The summed E-state index contributed by atoms with van der Waals surface area (Å²) in [5.74, 6) is 0.250. The number of hydrogen-bond acceptors (Lipinski definition) is 4. The number of carbonyl (C=O) groups is 1. The highest BCUT2D eigenvalue weighted by Crippen LogP contribution is 2.25. The third-order valence-corrected chi connectivity index (χ3v) is 7.92. The zero-order valence-electron chi connectivity index (χ0n) is 18.4. The van der Waals surface area contributed by atoms with Gasteiger partial charge in [-0.05, 0) is 61.1 Å². The third-order valence-electron chi connectivity index (χ3n) is 6.03. The average Bonchev–Trinajstić information content (AvgIpc) is 3.33. The maximum atomic E-state index is 13.1. The van der Waals surface area contributed by atoms with Crippen LogP contribution in [-0.4, -0.2) is 41.3 Å². The molecule has 1 aliphatic heterocycles. The van der Waals surface area contributed by atoms with Gasteiger partial charge in [-0.25, -0.2) is 13.4 Å². The topological polar surface area (TPSA) is 84.3 Å². The largest absolute Gasteiger partial charge is 0.348 e. The summed E-state index contributed by atoms with van der Waals surface area (Å²) < 4.78 is 29.6. The first-order valence-corrected chi connectivity index (χ1v) is 12.2. The summed E-state index contributed by atoms with van der Waals surface area (Å²) in [6.45, 7) is 5.35. The van der Waals surface area contributed by atoms with Crippen molar-refractivity contribution in [3.05, 3.63) is 77.9 Å². The summed E-state index contributed by atoms with van der Waals surface area (Å²) in [7, 11) is -3.61. The minimum absolute atomic E-state index is 0.174.